The van der Waals surface area contributed by atoms with E-state index >= 15 is 0 Å². The highest BCUT2D eigenvalue weighted by molar-refractivity contribution is 8.78. The van der Waals surface area contributed by atoms with E-state index in [1.807, 2.05) is 64.8 Å². The minimum absolute atomic E-state index is 0.338. The van der Waals surface area contributed by atoms with E-state index in [2.05, 4.69) is 15.0 Å². The summed E-state index contributed by atoms with van der Waals surface area (Å²) >= 11 is 0. The second-order valence-corrected chi connectivity index (χ2v) is 22.1. The summed E-state index contributed by atoms with van der Waals surface area (Å²) in [7, 11) is 11.8. The van der Waals surface area contributed by atoms with Crippen molar-refractivity contribution in [3.8, 4) is 0 Å². The van der Waals surface area contributed by atoms with Crippen molar-refractivity contribution in [3.63, 3.8) is 0 Å². The SMILES string of the molecule is NC(=O)c1cccnc1.NC(=O)c1cccnc1.NC(=O)c1cccnc1.O=C(O)CCCC[C@@H]1CCSS1.O=C(O)CCCC[C@@H]1CCSS1.O=C(O)CCCC[C@H]1CCSS1. The summed E-state index contributed by atoms with van der Waals surface area (Å²) in [6, 6.07) is 9.86. The van der Waals surface area contributed by atoms with Gasteiger partial charge in [0.2, 0.25) is 17.7 Å². The Bertz CT molecular complexity index is 1510. The van der Waals surface area contributed by atoms with Crippen LogP contribution in [0.5, 0.6) is 0 Å². The fraction of sp³-hybridized carbons (Fsp3) is 0.500. The number of hydrogen-bond donors (Lipinski definition) is 6. The minimum atomic E-state index is -0.663. The van der Waals surface area contributed by atoms with Gasteiger partial charge in [-0.3, -0.25) is 43.7 Å². The molecule has 3 aliphatic heterocycles. The fourth-order valence-electron chi connectivity index (χ4n) is 5.16. The first-order valence-electron chi connectivity index (χ1n) is 20.4. The number of aromatic nitrogens is 3. The van der Waals surface area contributed by atoms with Crippen LogP contribution in [0.15, 0.2) is 73.6 Å². The molecule has 0 unspecified atom stereocenters. The lowest BCUT2D eigenvalue weighted by molar-refractivity contribution is -0.138. The summed E-state index contributed by atoms with van der Waals surface area (Å²) in [6.07, 6.45) is 23.4. The molecule has 0 saturated carbocycles. The van der Waals surface area contributed by atoms with E-state index in [9.17, 15) is 28.8 Å². The van der Waals surface area contributed by atoms with Crippen molar-refractivity contribution in [2.45, 2.75) is 112 Å². The highest BCUT2D eigenvalue weighted by Crippen LogP contribution is 2.41. The van der Waals surface area contributed by atoms with Gasteiger partial charge in [0.15, 0.2) is 0 Å². The van der Waals surface area contributed by atoms with E-state index in [0.29, 0.717) is 36.0 Å². The van der Waals surface area contributed by atoms with Crippen molar-refractivity contribution in [1.82, 2.24) is 15.0 Å². The van der Waals surface area contributed by atoms with Crippen molar-refractivity contribution >= 4 is 100 Å². The first kappa shape index (κ1) is 57.4. The van der Waals surface area contributed by atoms with Crippen LogP contribution in [0.4, 0.5) is 0 Å². The Hall–Kier alpha value is -3.63. The maximum absolute atomic E-state index is 10.4. The molecule has 15 nitrogen and oxygen atoms in total. The number of carboxylic acids is 3. The van der Waals surface area contributed by atoms with E-state index in [1.54, 1.807) is 55.0 Å². The van der Waals surface area contributed by atoms with Crippen LogP contribution in [-0.4, -0.2) is 98.9 Å². The van der Waals surface area contributed by atoms with Crippen LogP contribution in [0.25, 0.3) is 0 Å². The third-order valence-corrected chi connectivity index (χ3v) is 17.5. The van der Waals surface area contributed by atoms with Gasteiger partial charge in [-0.25, -0.2) is 0 Å². The number of primary amides is 3. The van der Waals surface area contributed by atoms with E-state index in [0.717, 1.165) is 54.3 Å². The Balaban J connectivity index is 0.000000380. The minimum Gasteiger partial charge on any atom is -0.481 e. The number of hydrogen-bond acceptors (Lipinski definition) is 15. The predicted molar refractivity (Wildman–Crippen MR) is 262 cm³/mol. The number of carbonyl (C=O) groups excluding carboxylic acids is 3. The van der Waals surface area contributed by atoms with Gasteiger partial charge in [-0.2, -0.15) is 0 Å². The van der Waals surface area contributed by atoms with Gasteiger partial charge in [0.1, 0.15) is 0 Å². The molecule has 3 atom stereocenters. The van der Waals surface area contributed by atoms with Gasteiger partial charge in [-0.15, -0.1) is 0 Å². The number of unbranched alkanes of at least 4 members (excludes halogenated alkanes) is 3. The van der Waals surface area contributed by atoms with Gasteiger partial charge >= 0.3 is 17.9 Å². The molecular formula is C42H60N6O9S6. The molecule has 0 aliphatic carbocycles. The first-order chi connectivity index (χ1) is 30.3. The van der Waals surface area contributed by atoms with Crippen LogP contribution in [0.3, 0.4) is 0 Å². The van der Waals surface area contributed by atoms with Crippen LogP contribution >= 0.6 is 64.8 Å². The number of nitrogens with zero attached hydrogens (tertiary/aromatic N) is 3. The zero-order valence-electron chi connectivity index (χ0n) is 35.2. The smallest absolute Gasteiger partial charge is 0.303 e. The number of carboxylic acid groups (broad SMARTS) is 3. The monoisotopic (exact) mass is 984 g/mol. The molecule has 6 heterocycles. The van der Waals surface area contributed by atoms with Crippen molar-refractivity contribution in [1.29, 1.82) is 0 Å². The lowest BCUT2D eigenvalue weighted by Gasteiger charge is -2.04. The quantitative estimate of drug-likeness (QED) is 0.0512. The van der Waals surface area contributed by atoms with Gasteiger partial charge in [0.25, 0.3) is 0 Å². The van der Waals surface area contributed by atoms with Crippen LogP contribution < -0.4 is 17.2 Å². The molecule has 9 N–H and O–H groups in total. The topological polar surface area (TPSA) is 280 Å². The van der Waals surface area contributed by atoms with Crippen molar-refractivity contribution in [2.75, 3.05) is 17.3 Å². The average Bonchev–Trinajstić information content (AvgIpc) is 4.11. The van der Waals surface area contributed by atoms with Crippen LogP contribution in [0.2, 0.25) is 0 Å². The molecule has 348 valence electrons. The highest BCUT2D eigenvalue weighted by Gasteiger charge is 2.17. The Morgan fingerprint density at radius 2 is 0.746 bits per heavy atom. The molecule has 3 fully saturated rings. The molecule has 6 rings (SSSR count). The number of aliphatic carboxylic acids is 3. The Labute approximate surface area is 393 Å². The summed E-state index contributed by atoms with van der Waals surface area (Å²) in [4.78, 5) is 72.8. The maximum Gasteiger partial charge on any atom is 0.303 e. The van der Waals surface area contributed by atoms with Gasteiger partial charge < -0.3 is 32.5 Å². The summed E-state index contributed by atoms with van der Waals surface area (Å²) < 4.78 is 0. The van der Waals surface area contributed by atoms with Crippen molar-refractivity contribution < 1.29 is 44.1 Å². The lowest BCUT2D eigenvalue weighted by Crippen LogP contribution is -2.10. The maximum atomic E-state index is 10.4. The van der Waals surface area contributed by atoms with Crippen LogP contribution in [-0.2, 0) is 14.4 Å². The zero-order chi connectivity index (χ0) is 46.5. The van der Waals surface area contributed by atoms with Gasteiger partial charge in [0.05, 0.1) is 16.7 Å². The van der Waals surface area contributed by atoms with Crippen molar-refractivity contribution in [2.24, 2.45) is 17.2 Å². The van der Waals surface area contributed by atoms with Crippen LogP contribution in [0, 0.1) is 0 Å². The number of carbonyl (C=O) groups is 6. The average molecular weight is 985 g/mol. The molecule has 3 aromatic rings. The highest BCUT2D eigenvalue weighted by atomic mass is 33.1. The Morgan fingerprint density at radius 1 is 0.476 bits per heavy atom. The van der Waals surface area contributed by atoms with Gasteiger partial charge in [-0.1, -0.05) is 84.0 Å². The lowest BCUT2D eigenvalue weighted by atomic mass is 10.1. The third-order valence-electron chi connectivity index (χ3n) is 8.52. The second kappa shape index (κ2) is 37.7. The molecule has 0 spiro atoms. The molecule has 0 bridgehead atoms. The van der Waals surface area contributed by atoms with Gasteiger partial charge in [-0.05, 0) is 94.2 Å². The zero-order valence-corrected chi connectivity index (χ0v) is 40.1. The van der Waals surface area contributed by atoms with Gasteiger partial charge in [0, 0.05) is 89.5 Å². The molecule has 21 heteroatoms. The predicted octanol–water partition coefficient (Wildman–Crippen LogP) is 8.90. The molecule has 0 aromatic carbocycles. The second-order valence-electron chi connectivity index (χ2n) is 13.7. The molecule has 3 amide bonds. The number of rotatable bonds is 18. The largest absolute Gasteiger partial charge is 0.481 e. The summed E-state index contributed by atoms with van der Waals surface area (Å²) in [6.45, 7) is 0. The molecule has 3 aromatic heterocycles. The van der Waals surface area contributed by atoms with E-state index in [-0.39, 0.29) is 0 Å². The van der Waals surface area contributed by atoms with E-state index in [1.165, 1.54) is 74.4 Å². The normalized spacial score (nSPS) is 16.9. The molecule has 3 saturated heterocycles. The van der Waals surface area contributed by atoms with E-state index in [4.69, 9.17) is 32.5 Å². The fourth-order valence-corrected chi connectivity index (χ4v) is 14.2. The molecule has 3 aliphatic rings. The summed E-state index contributed by atoms with van der Waals surface area (Å²) in [5.41, 5.74) is 16.1. The first-order valence-corrected chi connectivity index (χ1v) is 27.5. The third kappa shape index (κ3) is 33.5. The Morgan fingerprint density at radius 3 is 0.905 bits per heavy atom. The van der Waals surface area contributed by atoms with E-state index < -0.39 is 35.6 Å². The molecule has 0 radical (unpaired) electrons. The summed E-state index contributed by atoms with van der Waals surface area (Å²) in [5.74, 6) is 0.501. The van der Waals surface area contributed by atoms with Crippen molar-refractivity contribution in [3.05, 3.63) is 90.3 Å². The number of nitrogens with two attached hydrogens (primary N) is 3. The molecular weight excluding hydrogens is 925 g/mol. The number of pyridine rings is 3. The summed E-state index contributed by atoms with van der Waals surface area (Å²) in [5, 5.41) is 27.6. The standard InChI is InChI=1S/3C8H14O2S2.3C6H6N2O/c3*9-8(10)4-2-1-3-7-5-6-11-12-7;3*7-6(9)5-2-1-3-8-4-5/h3*7H,1-6H2,(H,9,10);3*1-4H,(H2,7,9)/t3*7-;;;/m110.../s1. The Kier molecular flexibility index (Phi) is 34.4. The number of amides is 3. The molecule has 63 heavy (non-hydrogen) atoms. The van der Waals surface area contributed by atoms with Crippen LogP contribution in [0.1, 0.15) is 127 Å².